The van der Waals surface area contributed by atoms with Gasteiger partial charge in [0.05, 0.1) is 19.6 Å². The minimum atomic E-state index is 0.444. The molecule has 2 heteroatoms. The van der Waals surface area contributed by atoms with E-state index in [-0.39, 0.29) is 0 Å². The molecule has 70 valence electrons. The number of quaternary nitrogens is 1. The zero-order chi connectivity index (χ0) is 8.44. The maximum absolute atomic E-state index is 6.42. The van der Waals surface area contributed by atoms with Gasteiger partial charge in [-0.3, -0.25) is 0 Å². The number of rotatable bonds is 0. The summed E-state index contributed by atoms with van der Waals surface area (Å²) < 4.78 is 1.25. The van der Waals surface area contributed by atoms with Crippen molar-refractivity contribution in [2.24, 2.45) is 0 Å². The number of halogens is 1. The van der Waals surface area contributed by atoms with E-state index < -0.39 is 0 Å². The first-order valence-corrected chi connectivity index (χ1v) is 5.77. The third kappa shape index (κ3) is 1.49. The fraction of sp³-hybridized carbons (Fsp3) is 1.00. The predicted molar refractivity (Wildman–Crippen MR) is 52.2 cm³/mol. The van der Waals surface area contributed by atoms with Gasteiger partial charge in [0.2, 0.25) is 0 Å². The van der Waals surface area contributed by atoms with Crippen molar-refractivity contribution in [3.05, 3.63) is 0 Å². The standard InChI is InChI=1S/C10H19ClN/c11-10-6-2-5-9-12(10)7-3-1-4-8-12/h10H,1-9H2/q+1. The molecule has 0 N–H and O–H groups in total. The maximum Gasteiger partial charge on any atom is 0.164 e. The van der Waals surface area contributed by atoms with Gasteiger partial charge in [0.25, 0.3) is 0 Å². The second kappa shape index (κ2) is 3.55. The SMILES string of the molecule is ClC1CCCC[N+]12CCCCC2. The van der Waals surface area contributed by atoms with Crippen LogP contribution >= 0.6 is 11.6 Å². The Hall–Kier alpha value is 0.250. The molecule has 2 saturated heterocycles. The van der Waals surface area contributed by atoms with E-state index in [0.29, 0.717) is 5.50 Å². The van der Waals surface area contributed by atoms with Gasteiger partial charge in [-0.15, -0.1) is 0 Å². The summed E-state index contributed by atoms with van der Waals surface area (Å²) >= 11 is 6.42. The number of hydrogen-bond acceptors (Lipinski definition) is 0. The summed E-state index contributed by atoms with van der Waals surface area (Å²) in [7, 11) is 0. The highest BCUT2D eigenvalue weighted by Crippen LogP contribution is 2.32. The molecule has 0 aromatic heterocycles. The maximum atomic E-state index is 6.42. The van der Waals surface area contributed by atoms with Gasteiger partial charge in [0.15, 0.2) is 5.50 Å². The van der Waals surface area contributed by atoms with Crippen LogP contribution in [0, 0.1) is 0 Å². The van der Waals surface area contributed by atoms with E-state index in [1.54, 1.807) is 0 Å². The van der Waals surface area contributed by atoms with Crippen molar-refractivity contribution >= 4 is 11.6 Å². The second-order valence-electron chi connectivity index (χ2n) is 4.38. The lowest BCUT2D eigenvalue weighted by Crippen LogP contribution is -2.58. The van der Waals surface area contributed by atoms with Gasteiger partial charge in [0, 0.05) is 6.42 Å². The molecule has 0 aromatic rings. The Bertz CT molecular complexity index is 144. The first-order valence-electron chi connectivity index (χ1n) is 5.33. The van der Waals surface area contributed by atoms with Crippen LogP contribution in [0.4, 0.5) is 0 Å². The Morgan fingerprint density at radius 1 is 0.833 bits per heavy atom. The fourth-order valence-electron chi connectivity index (χ4n) is 2.80. The average molecular weight is 189 g/mol. The van der Waals surface area contributed by atoms with Crippen LogP contribution in [0.2, 0.25) is 0 Å². The van der Waals surface area contributed by atoms with Crippen LogP contribution in [0.25, 0.3) is 0 Å². The highest BCUT2D eigenvalue weighted by Gasteiger charge is 2.38. The van der Waals surface area contributed by atoms with Crippen molar-refractivity contribution in [1.82, 2.24) is 0 Å². The van der Waals surface area contributed by atoms with Gasteiger partial charge in [0.1, 0.15) is 0 Å². The Kier molecular flexibility index (Phi) is 2.61. The summed E-state index contributed by atoms with van der Waals surface area (Å²) in [6.45, 7) is 4.07. The normalized spacial score (nSPS) is 35.2. The molecule has 1 unspecified atom stereocenters. The molecular weight excluding hydrogens is 170 g/mol. The summed E-state index contributed by atoms with van der Waals surface area (Å²) in [4.78, 5) is 0. The zero-order valence-corrected chi connectivity index (χ0v) is 8.52. The van der Waals surface area contributed by atoms with Crippen molar-refractivity contribution in [2.75, 3.05) is 19.6 Å². The van der Waals surface area contributed by atoms with E-state index in [9.17, 15) is 0 Å². The lowest BCUT2D eigenvalue weighted by atomic mass is 10.0. The monoisotopic (exact) mass is 188 g/mol. The van der Waals surface area contributed by atoms with Gasteiger partial charge in [-0.05, 0) is 32.1 Å². The number of nitrogens with zero attached hydrogens (tertiary/aromatic N) is 1. The van der Waals surface area contributed by atoms with Gasteiger partial charge in [-0.25, -0.2) is 0 Å². The molecular formula is C10H19ClN+. The highest BCUT2D eigenvalue weighted by atomic mass is 35.5. The van der Waals surface area contributed by atoms with Gasteiger partial charge in [-0.1, -0.05) is 11.6 Å². The van der Waals surface area contributed by atoms with Gasteiger partial charge >= 0.3 is 0 Å². The van der Waals surface area contributed by atoms with Crippen molar-refractivity contribution in [3.8, 4) is 0 Å². The molecule has 1 spiro atoms. The molecule has 0 radical (unpaired) electrons. The molecule has 2 heterocycles. The van der Waals surface area contributed by atoms with E-state index >= 15 is 0 Å². The Labute approximate surface area is 80.3 Å². The highest BCUT2D eigenvalue weighted by molar-refractivity contribution is 6.19. The van der Waals surface area contributed by atoms with Crippen LogP contribution in [-0.4, -0.2) is 29.6 Å². The van der Waals surface area contributed by atoms with Gasteiger partial charge < -0.3 is 4.48 Å². The smallest absolute Gasteiger partial charge is 0.164 e. The van der Waals surface area contributed by atoms with Crippen LogP contribution in [0.1, 0.15) is 38.5 Å². The van der Waals surface area contributed by atoms with Crippen LogP contribution in [-0.2, 0) is 0 Å². The van der Waals surface area contributed by atoms with E-state index in [1.165, 1.54) is 62.6 Å². The van der Waals surface area contributed by atoms with E-state index in [2.05, 4.69) is 0 Å². The molecule has 12 heavy (non-hydrogen) atoms. The summed E-state index contributed by atoms with van der Waals surface area (Å²) in [6.07, 6.45) is 8.26. The second-order valence-corrected chi connectivity index (χ2v) is 4.88. The largest absolute Gasteiger partial charge is 0.309 e. The third-order valence-corrected chi connectivity index (χ3v) is 4.23. The third-order valence-electron chi connectivity index (χ3n) is 3.60. The molecule has 2 aliphatic rings. The van der Waals surface area contributed by atoms with E-state index in [0.717, 1.165) is 0 Å². The molecule has 2 aliphatic heterocycles. The Balaban J connectivity index is 2.04. The Morgan fingerprint density at radius 2 is 1.42 bits per heavy atom. The lowest BCUT2D eigenvalue weighted by Gasteiger charge is -2.47. The van der Waals surface area contributed by atoms with Crippen LogP contribution in [0.5, 0.6) is 0 Å². The van der Waals surface area contributed by atoms with Crippen molar-refractivity contribution in [3.63, 3.8) is 0 Å². The number of alkyl halides is 1. The molecule has 0 amide bonds. The fourth-order valence-corrected chi connectivity index (χ4v) is 3.25. The topological polar surface area (TPSA) is 0 Å². The predicted octanol–water partition coefficient (Wildman–Crippen LogP) is 2.74. The average Bonchev–Trinajstić information content (AvgIpc) is 2.12. The van der Waals surface area contributed by atoms with Crippen molar-refractivity contribution in [2.45, 2.75) is 44.0 Å². The number of piperidine rings is 2. The number of hydrogen-bond donors (Lipinski definition) is 0. The molecule has 0 bridgehead atoms. The van der Waals surface area contributed by atoms with Gasteiger partial charge in [-0.2, -0.15) is 0 Å². The summed E-state index contributed by atoms with van der Waals surface area (Å²) in [5.41, 5.74) is 0.444. The van der Waals surface area contributed by atoms with Crippen LogP contribution < -0.4 is 0 Å². The Morgan fingerprint density at radius 3 is 2.00 bits per heavy atom. The van der Waals surface area contributed by atoms with Crippen LogP contribution in [0.3, 0.4) is 0 Å². The molecule has 1 nitrogen and oxygen atoms in total. The zero-order valence-electron chi connectivity index (χ0n) is 7.77. The quantitative estimate of drug-likeness (QED) is 0.312. The van der Waals surface area contributed by atoms with Crippen molar-refractivity contribution < 1.29 is 4.48 Å². The molecule has 2 rings (SSSR count). The minimum Gasteiger partial charge on any atom is -0.309 e. The first-order chi connectivity index (χ1) is 5.83. The van der Waals surface area contributed by atoms with Crippen molar-refractivity contribution in [1.29, 1.82) is 0 Å². The molecule has 0 aliphatic carbocycles. The van der Waals surface area contributed by atoms with E-state index in [1.807, 2.05) is 0 Å². The summed E-state index contributed by atoms with van der Waals surface area (Å²) in [6, 6.07) is 0. The minimum absolute atomic E-state index is 0.444. The summed E-state index contributed by atoms with van der Waals surface area (Å²) in [5, 5.41) is 0. The van der Waals surface area contributed by atoms with Crippen LogP contribution in [0.15, 0.2) is 0 Å². The lowest BCUT2D eigenvalue weighted by molar-refractivity contribution is -0.947. The molecule has 2 fully saturated rings. The molecule has 1 atom stereocenters. The van der Waals surface area contributed by atoms with E-state index in [4.69, 9.17) is 11.6 Å². The molecule has 0 saturated carbocycles. The summed E-state index contributed by atoms with van der Waals surface area (Å²) in [5.74, 6) is 0. The first kappa shape index (κ1) is 8.83. The molecule has 0 aromatic carbocycles.